The SMILES string of the molecule is CCCOc1cccc(CN=C(NCC)NCC(C)(O)c2ccco2)c1. The Morgan fingerprint density at radius 3 is 2.77 bits per heavy atom. The standard InChI is InChI=1S/C20H29N3O3/c1-4-11-25-17-9-6-8-16(13-17)14-22-19(21-5-2)23-15-20(3,24)18-10-7-12-26-18/h6-10,12-13,24H,4-5,11,14-15H2,1-3H3,(H2,21,22,23). The maximum Gasteiger partial charge on any atom is 0.191 e. The van der Waals surface area contributed by atoms with Gasteiger partial charge in [-0.2, -0.15) is 0 Å². The predicted molar refractivity (Wildman–Crippen MR) is 103 cm³/mol. The van der Waals surface area contributed by atoms with Gasteiger partial charge in [-0.05, 0) is 50.1 Å². The van der Waals surface area contributed by atoms with E-state index in [0.717, 1.165) is 24.3 Å². The van der Waals surface area contributed by atoms with Gasteiger partial charge >= 0.3 is 0 Å². The third kappa shape index (κ3) is 6.11. The highest BCUT2D eigenvalue weighted by Gasteiger charge is 2.26. The number of hydrogen-bond acceptors (Lipinski definition) is 4. The molecule has 0 radical (unpaired) electrons. The van der Waals surface area contributed by atoms with Crippen LogP contribution in [0.2, 0.25) is 0 Å². The van der Waals surface area contributed by atoms with Gasteiger partial charge in [-0.15, -0.1) is 0 Å². The van der Waals surface area contributed by atoms with Crippen molar-refractivity contribution in [3.05, 3.63) is 54.0 Å². The number of aliphatic hydroxyl groups is 1. The Morgan fingerprint density at radius 1 is 1.23 bits per heavy atom. The number of nitrogens with one attached hydrogen (secondary N) is 2. The van der Waals surface area contributed by atoms with Crippen LogP contribution in [0.15, 0.2) is 52.1 Å². The van der Waals surface area contributed by atoms with Crippen LogP contribution in [0.25, 0.3) is 0 Å². The van der Waals surface area contributed by atoms with Crippen LogP contribution < -0.4 is 15.4 Å². The lowest BCUT2D eigenvalue weighted by Crippen LogP contribution is -2.44. The Labute approximate surface area is 155 Å². The van der Waals surface area contributed by atoms with Gasteiger partial charge in [0.1, 0.15) is 17.1 Å². The van der Waals surface area contributed by atoms with Crippen LogP contribution in [0.5, 0.6) is 5.75 Å². The molecule has 1 unspecified atom stereocenters. The molecule has 1 heterocycles. The number of ether oxygens (including phenoxy) is 1. The molecule has 2 aromatic rings. The van der Waals surface area contributed by atoms with Crippen molar-refractivity contribution >= 4 is 5.96 Å². The van der Waals surface area contributed by atoms with E-state index in [1.165, 1.54) is 0 Å². The van der Waals surface area contributed by atoms with Crippen molar-refractivity contribution in [1.29, 1.82) is 0 Å². The number of aliphatic imine (C=N–C) groups is 1. The normalized spacial score (nSPS) is 13.9. The fraction of sp³-hybridized carbons (Fsp3) is 0.450. The Balaban J connectivity index is 1.98. The summed E-state index contributed by atoms with van der Waals surface area (Å²) >= 11 is 0. The molecule has 1 atom stereocenters. The number of hydrogen-bond donors (Lipinski definition) is 3. The topological polar surface area (TPSA) is 79.0 Å². The Morgan fingerprint density at radius 2 is 2.08 bits per heavy atom. The summed E-state index contributed by atoms with van der Waals surface area (Å²) < 4.78 is 11.0. The van der Waals surface area contributed by atoms with Gasteiger partial charge in [0.15, 0.2) is 5.96 Å². The van der Waals surface area contributed by atoms with Crippen molar-refractivity contribution in [2.45, 2.75) is 39.3 Å². The zero-order chi connectivity index (χ0) is 18.8. The number of furan rings is 1. The van der Waals surface area contributed by atoms with Crippen molar-refractivity contribution in [3.8, 4) is 5.75 Å². The molecule has 142 valence electrons. The third-order valence-electron chi connectivity index (χ3n) is 3.79. The first-order valence-corrected chi connectivity index (χ1v) is 9.05. The van der Waals surface area contributed by atoms with E-state index in [1.807, 2.05) is 31.2 Å². The first-order valence-electron chi connectivity index (χ1n) is 9.05. The molecule has 6 heteroatoms. The van der Waals surface area contributed by atoms with Crippen LogP contribution in [0.4, 0.5) is 0 Å². The number of rotatable bonds is 9. The zero-order valence-corrected chi connectivity index (χ0v) is 15.8. The molecule has 0 aliphatic heterocycles. The molecule has 6 nitrogen and oxygen atoms in total. The van der Waals surface area contributed by atoms with Crippen molar-refractivity contribution in [3.63, 3.8) is 0 Å². The van der Waals surface area contributed by atoms with Gasteiger partial charge in [-0.25, -0.2) is 4.99 Å². The third-order valence-corrected chi connectivity index (χ3v) is 3.79. The average Bonchev–Trinajstić information content (AvgIpc) is 3.18. The molecule has 1 aromatic heterocycles. The molecule has 0 fully saturated rings. The van der Waals surface area contributed by atoms with Crippen LogP contribution in [-0.2, 0) is 12.1 Å². The number of benzene rings is 1. The van der Waals surface area contributed by atoms with E-state index in [-0.39, 0.29) is 6.54 Å². The van der Waals surface area contributed by atoms with Crippen molar-refractivity contribution in [1.82, 2.24) is 10.6 Å². The van der Waals surface area contributed by atoms with Gasteiger partial charge in [0.05, 0.1) is 26.0 Å². The molecule has 0 saturated carbocycles. The van der Waals surface area contributed by atoms with Crippen LogP contribution in [0.3, 0.4) is 0 Å². The summed E-state index contributed by atoms with van der Waals surface area (Å²) in [6.07, 6.45) is 2.53. The first kappa shape index (κ1) is 19.8. The maximum absolute atomic E-state index is 10.5. The summed E-state index contributed by atoms with van der Waals surface area (Å²) in [5.74, 6) is 2.01. The molecule has 0 amide bonds. The van der Waals surface area contributed by atoms with Crippen molar-refractivity contribution in [2.75, 3.05) is 19.7 Å². The molecule has 26 heavy (non-hydrogen) atoms. The highest BCUT2D eigenvalue weighted by molar-refractivity contribution is 5.79. The van der Waals surface area contributed by atoms with Crippen LogP contribution in [0.1, 0.15) is 38.5 Å². The van der Waals surface area contributed by atoms with Crippen LogP contribution >= 0.6 is 0 Å². The quantitative estimate of drug-likeness (QED) is 0.474. The van der Waals surface area contributed by atoms with Crippen LogP contribution in [0, 0.1) is 0 Å². The molecule has 0 saturated heterocycles. The average molecular weight is 359 g/mol. The van der Waals surface area contributed by atoms with Crippen molar-refractivity contribution in [2.24, 2.45) is 4.99 Å². The number of guanidine groups is 1. The summed E-state index contributed by atoms with van der Waals surface area (Å²) in [6, 6.07) is 11.5. The second-order valence-corrected chi connectivity index (χ2v) is 6.30. The minimum atomic E-state index is -1.12. The van der Waals surface area contributed by atoms with E-state index in [2.05, 4.69) is 22.5 Å². The van der Waals surface area contributed by atoms with Crippen molar-refractivity contribution < 1.29 is 14.3 Å². The zero-order valence-electron chi connectivity index (χ0n) is 15.8. The Kier molecular flexibility index (Phi) is 7.53. The lowest BCUT2D eigenvalue weighted by molar-refractivity contribution is 0.0386. The van der Waals surface area contributed by atoms with Gasteiger partial charge in [0.25, 0.3) is 0 Å². The Hall–Kier alpha value is -2.47. The van der Waals surface area contributed by atoms with E-state index in [1.54, 1.807) is 25.3 Å². The van der Waals surface area contributed by atoms with E-state index in [4.69, 9.17) is 9.15 Å². The monoisotopic (exact) mass is 359 g/mol. The van der Waals surface area contributed by atoms with Gasteiger partial charge in [-0.3, -0.25) is 0 Å². The number of nitrogens with zero attached hydrogens (tertiary/aromatic N) is 1. The summed E-state index contributed by atoms with van der Waals surface area (Å²) in [6.45, 7) is 8.03. The molecule has 0 aliphatic rings. The summed E-state index contributed by atoms with van der Waals surface area (Å²) in [5.41, 5.74) is -0.0539. The summed E-state index contributed by atoms with van der Waals surface area (Å²) in [7, 11) is 0. The molecule has 0 spiro atoms. The van der Waals surface area contributed by atoms with Gasteiger partial charge < -0.3 is 24.9 Å². The predicted octanol–water partition coefficient (Wildman–Crippen LogP) is 3.03. The first-order chi connectivity index (χ1) is 12.5. The maximum atomic E-state index is 10.5. The molecule has 2 rings (SSSR count). The van der Waals surface area contributed by atoms with E-state index >= 15 is 0 Å². The van der Waals surface area contributed by atoms with Gasteiger partial charge in [0.2, 0.25) is 0 Å². The lowest BCUT2D eigenvalue weighted by Gasteiger charge is -2.22. The molecule has 0 bridgehead atoms. The Bertz CT molecular complexity index is 681. The largest absolute Gasteiger partial charge is 0.494 e. The highest BCUT2D eigenvalue weighted by Crippen LogP contribution is 2.19. The fourth-order valence-corrected chi connectivity index (χ4v) is 2.39. The molecular formula is C20H29N3O3. The van der Waals surface area contributed by atoms with Gasteiger partial charge in [-0.1, -0.05) is 19.1 Å². The van der Waals surface area contributed by atoms with E-state index in [9.17, 15) is 5.11 Å². The minimum absolute atomic E-state index is 0.284. The molecular weight excluding hydrogens is 330 g/mol. The second-order valence-electron chi connectivity index (χ2n) is 6.30. The minimum Gasteiger partial charge on any atom is -0.494 e. The second kappa shape index (κ2) is 9.87. The van der Waals surface area contributed by atoms with E-state index < -0.39 is 5.60 Å². The van der Waals surface area contributed by atoms with Gasteiger partial charge in [0, 0.05) is 6.54 Å². The molecule has 3 N–H and O–H groups in total. The summed E-state index contributed by atoms with van der Waals surface area (Å²) in [5, 5.41) is 16.9. The molecule has 1 aromatic carbocycles. The smallest absolute Gasteiger partial charge is 0.191 e. The van der Waals surface area contributed by atoms with E-state index in [0.29, 0.717) is 24.9 Å². The fourth-order valence-electron chi connectivity index (χ4n) is 2.39. The highest BCUT2D eigenvalue weighted by atomic mass is 16.5. The summed E-state index contributed by atoms with van der Waals surface area (Å²) in [4.78, 5) is 4.59. The van der Waals surface area contributed by atoms with Crippen LogP contribution in [-0.4, -0.2) is 30.8 Å². The lowest BCUT2D eigenvalue weighted by atomic mass is 10.0. The molecule has 0 aliphatic carbocycles.